The summed E-state index contributed by atoms with van der Waals surface area (Å²) < 4.78 is 12.0. The van der Waals surface area contributed by atoms with Crippen LogP contribution >= 0.6 is 0 Å². The van der Waals surface area contributed by atoms with Gasteiger partial charge in [0.15, 0.2) is 8.32 Å². The van der Waals surface area contributed by atoms with E-state index >= 15 is 0 Å². The highest BCUT2D eigenvalue weighted by molar-refractivity contribution is 6.70. The molecular formula is C12H28O2Si2. The van der Waals surface area contributed by atoms with Crippen LogP contribution in [0.15, 0.2) is 12.3 Å². The second kappa shape index (κ2) is 5.06. The summed E-state index contributed by atoms with van der Waals surface area (Å²) in [5.74, 6) is 0.863. The Labute approximate surface area is 103 Å². The summed E-state index contributed by atoms with van der Waals surface area (Å²) in [6.45, 7) is 21.4. The molecule has 16 heavy (non-hydrogen) atoms. The summed E-state index contributed by atoms with van der Waals surface area (Å²) >= 11 is 0. The van der Waals surface area contributed by atoms with Crippen molar-refractivity contribution in [1.82, 2.24) is 0 Å². The Hall–Kier alpha value is -0.0662. The number of hydrogen-bond donors (Lipinski definition) is 0. The van der Waals surface area contributed by atoms with Gasteiger partial charge < -0.3 is 8.85 Å². The third-order valence-electron chi connectivity index (χ3n) is 1.66. The highest BCUT2D eigenvalue weighted by Gasteiger charge is 2.29. The molecule has 0 fully saturated rings. The average molecular weight is 261 g/mol. The summed E-state index contributed by atoms with van der Waals surface area (Å²) in [5.41, 5.74) is -0.165. The van der Waals surface area contributed by atoms with Crippen molar-refractivity contribution < 1.29 is 8.85 Å². The minimum absolute atomic E-state index is 0.165. The third kappa shape index (κ3) is 9.18. The van der Waals surface area contributed by atoms with Gasteiger partial charge in [0.1, 0.15) is 0 Å². The van der Waals surface area contributed by atoms with Crippen molar-refractivity contribution in [3.05, 3.63) is 12.3 Å². The first-order valence-corrected chi connectivity index (χ1v) is 12.7. The summed E-state index contributed by atoms with van der Waals surface area (Å²) in [7, 11) is -3.03. The van der Waals surface area contributed by atoms with Crippen molar-refractivity contribution in [2.75, 3.05) is 0 Å². The lowest BCUT2D eigenvalue weighted by atomic mass is 10.1. The molecule has 0 unspecified atom stereocenters. The lowest BCUT2D eigenvalue weighted by Gasteiger charge is -2.34. The van der Waals surface area contributed by atoms with Crippen molar-refractivity contribution in [1.29, 1.82) is 0 Å². The van der Waals surface area contributed by atoms with Gasteiger partial charge >= 0.3 is 0 Å². The van der Waals surface area contributed by atoms with Crippen LogP contribution in [0.4, 0.5) is 0 Å². The highest BCUT2D eigenvalue weighted by Crippen LogP contribution is 2.26. The molecule has 0 radical (unpaired) electrons. The van der Waals surface area contributed by atoms with E-state index in [-0.39, 0.29) is 5.60 Å². The zero-order valence-electron chi connectivity index (χ0n) is 12.2. The van der Waals surface area contributed by atoms with Gasteiger partial charge in [0.05, 0.1) is 11.4 Å². The molecule has 4 heteroatoms. The zero-order chi connectivity index (χ0) is 13.2. The highest BCUT2D eigenvalue weighted by atomic mass is 28.4. The van der Waals surface area contributed by atoms with Crippen LogP contribution in [0.2, 0.25) is 39.3 Å². The SMILES string of the molecule is C=C(CC(C)(C)O[Si](C)(C)C)O[Si](C)(C)C. The Balaban J connectivity index is 4.32. The number of hydrogen-bond acceptors (Lipinski definition) is 2. The van der Waals surface area contributed by atoms with Crippen molar-refractivity contribution in [3.63, 3.8) is 0 Å². The molecule has 0 rings (SSSR count). The molecule has 0 aliphatic carbocycles. The first-order valence-electron chi connectivity index (χ1n) is 5.88. The van der Waals surface area contributed by atoms with E-state index in [1.807, 2.05) is 0 Å². The minimum atomic E-state index is -1.52. The van der Waals surface area contributed by atoms with Gasteiger partial charge in [0, 0.05) is 6.42 Å². The molecule has 96 valence electrons. The molecule has 0 spiro atoms. The maximum Gasteiger partial charge on any atom is 0.241 e. The summed E-state index contributed by atoms with van der Waals surface area (Å²) in [6.07, 6.45) is 0.779. The van der Waals surface area contributed by atoms with Crippen LogP contribution in [0, 0.1) is 0 Å². The van der Waals surface area contributed by atoms with E-state index in [0.717, 1.165) is 12.2 Å². The maximum absolute atomic E-state index is 6.12. The molecule has 0 aromatic carbocycles. The Morgan fingerprint density at radius 2 is 1.44 bits per heavy atom. The van der Waals surface area contributed by atoms with Crippen molar-refractivity contribution in [2.24, 2.45) is 0 Å². The molecule has 0 aliphatic rings. The third-order valence-corrected chi connectivity index (χ3v) is 3.72. The Kier molecular flexibility index (Phi) is 5.04. The standard InChI is InChI=1S/C12H28O2Si2/c1-11(13-15(4,5)6)10-12(2,3)14-16(7,8)9/h1,10H2,2-9H3. The Morgan fingerprint density at radius 3 is 1.75 bits per heavy atom. The van der Waals surface area contributed by atoms with Crippen molar-refractivity contribution in [3.8, 4) is 0 Å². The van der Waals surface area contributed by atoms with E-state index in [1.165, 1.54) is 0 Å². The van der Waals surface area contributed by atoms with E-state index < -0.39 is 16.6 Å². The van der Waals surface area contributed by atoms with Crippen LogP contribution in [0.3, 0.4) is 0 Å². The largest absolute Gasteiger partial charge is 0.548 e. The van der Waals surface area contributed by atoms with Gasteiger partial charge in [-0.05, 0) is 53.1 Å². The summed E-state index contributed by atoms with van der Waals surface area (Å²) in [5, 5.41) is 0. The van der Waals surface area contributed by atoms with Gasteiger partial charge in [-0.15, -0.1) is 0 Å². The van der Waals surface area contributed by atoms with E-state index in [4.69, 9.17) is 8.85 Å². The fourth-order valence-electron chi connectivity index (χ4n) is 1.81. The number of rotatable bonds is 6. The lowest BCUT2D eigenvalue weighted by Crippen LogP contribution is -2.39. The fraction of sp³-hybridized carbons (Fsp3) is 0.833. The van der Waals surface area contributed by atoms with Crippen LogP contribution in [-0.4, -0.2) is 22.2 Å². The Morgan fingerprint density at radius 1 is 1.00 bits per heavy atom. The molecule has 0 heterocycles. The molecular weight excluding hydrogens is 232 g/mol. The van der Waals surface area contributed by atoms with Crippen LogP contribution < -0.4 is 0 Å². The maximum atomic E-state index is 6.12. The zero-order valence-corrected chi connectivity index (χ0v) is 14.2. The Bertz CT molecular complexity index is 247. The van der Waals surface area contributed by atoms with Crippen molar-refractivity contribution >= 4 is 16.6 Å². The van der Waals surface area contributed by atoms with Crippen LogP contribution in [0.5, 0.6) is 0 Å². The normalized spacial score (nSPS) is 13.8. The topological polar surface area (TPSA) is 18.5 Å². The molecule has 0 bridgehead atoms. The lowest BCUT2D eigenvalue weighted by molar-refractivity contribution is 0.0905. The molecule has 0 aliphatic heterocycles. The molecule has 0 atom stereocenters. The monoisotopic (exact) mass is 260 g/mol. The van der Waals surface area contributed by atoms with Crippen LogP contribution in [-0.2, 0) is 8.85 Å². The molecule has 0 N–H and O–H groups in total. The second-order valence-corrected chi connectivity index (χ2v) is 15.8. The van der Waals surface area contributed by atoms with E-state index in [9.17, 15) is 0 Å². The molecule has 0 aromatic heterocycles. The first kappa shape index (κ1) is 15.9. The molecule has 0 amide bonds. The van der Waals surface area contributed by atoms with Gasteiger partial charge in [-0.25, -0.2) is 0 Å². The molecule has 0 aromatic rings. The van der Waals surface area contributed by atoms with Crippen LogP contribution in [0.1, 0.15) is 20.3 Å². The predicted molar refractivity (Wildman–Crippen MR) is 76.7 cm³/mol. The van der Waals surface area contributed by atoms with Gasteiger partial charge in [0.25, 0.3) is 0 Å². The fourth-order valence-corrected chi connectivity index (χ4v) is 4.48. The minimum Gasteiger partial charge on any atom is -0.548 e. The van der Waals surface area contributed by atoms with Crippen LogP contribution in [0.25, 0.3) is 0 Å². The molecule has 2 nitrogen and oxygen atoms in total. The summed E-state index contributed by atoms with van der Waals surface area (Å²) in [6, 6.07) is 0. The smallest absolute Gasteiger partial charge is 0.241 e. The van der Waals surface area contributed by atoms with Crippen molar-refractivity contribution in [2.45, 2.75) is 65.2 Å². The van der Waals surface area contributed by atoms with E-state index in [2.05, 4.69) is 59.7 Å². The molecule has 0 saturated carbocycles. The first-order chi connectivity index (χ1) is 6.81. The quantitative estimate of drug-likeness (QED) is 0.521. The van der Waals surface area contributed by atoms with E-state index in [0.29, 0.717) is 0 Å². The second-order valence-electron chi connectivity index (χ2n) is 6.90. The summed E-state index contributed by atoms with van der Waals surface area (Å²) in [4.78, 5) is 0. The van der Waals surface area contributed by atoms with Gasteiger partial charge in [-0.3, -0.25) is 0 Å². The van der Waals surface area contributed by atoms with Gasteiger partial charge in [-0.1, -0.05) is 6.58 Å². The molecule has 0 saturated heterocycles. The average Bonchev–Trinajstić information content (AvgIpc) is 1.70. The van der Waals surface area contributed by atoms with E-state index in [1.54, 1.807) is 0 Å². The predicted octanol–water partition coefficient (Wildman–Crippen LogP) is 4.37. The van der Waals surface area contributed by atoms with Gasteiger partial charge in [0.2, 0.25) is 8.32 Å². The van der Waals surface area contributed by atoms with Gasteiger partial charge in [-0.2, -0.15) is 0 Å².